The third-order valence-corrected chi connectivity index (χ3v) is 5.83. The quantitative estimate of drug-likeness (QED) is 0.163. The van der Waals surface area contributed by atoms with Gasteiger partial charge in [0.2, 0.25) is 0 Å². The van der Waals surface area contributed by atoms with E-state index in [0.29, 0.717) is 32.2 Å². The van der Waals surface area contributed by atoms with Crippen molar-refractivity contribution in [2.75, 3.05) is 39.6 Å². The lowest BCUT2D eigenvalue weighted by Gasteiger charge is -2.32. The van der Waals surface area contributed by atoms with Crippen LogP contribution in [0.2, 0.25) is 0 Å². The summed E-state index contributed by atoms with van der Waals surface area (Å²) in [4.78, 5) is 0. The number of aliphatic hydroxyl groups is 1. The SMILES string of the molecule is C=COCCOc1ccc(C(C)(c2ccc(OCCO)cc2)c2ccc(OCCOC=C)cc2)cc1. The molecule has 0 aromatic heterocycles. The molecule has 0 unspecified atom stereocenters. The molecule has 3 aromatic carbocycles. The van der Waals surface area contributed by atoms with Crippen LogP contribution in [0.15, 0.2) is 98.5 Å². The van der Waals surface area contributed by atoms with Crippen LogP contribution >= 0.6 is 0 Å². The molecule has 3 aromatic rings. The highest BCUT2D eigenvalue weighted by atomic mass is 16.5. The molecule has 0 amide bonds. The summed E-state index contributed by atoms with van der Waals surface area (Å²) in [5, 5.41) is 9.05. The zero-order valence-corrected chi connectivity index (χ0v) is 20.7. The maximum atomic E-state index is 9.05. The van der Waals surface area contributed by atoms with Gasteiger partial charge in [-0.3, -0.25) is 0 Å². The van der Waals surface area contributed by atoms with Crippen LogP contribution in [-0.4, -0.2) is 44.7 Å². The first-order valence-electron chi connectivity index (χ1n) is 11.9. The molecule has 0 spiro atoms. The Hall–Kier alpha value is -3.90. The fourth-order valence-electron chi connectivity index (χ4n) is 3.90. The fourth-order valence-corrected chi connectivity index (χ4v) is 3.90. The summed E-state index contributed by atoms with van der Waals surface area (Å²) in [7, 11) is 0. The van der Waals surface area contributed by atoms with Crippen molar-refractivity contribution >= 4 is 0 Å². The van der Waals surface area contributed by atoms with Crippen LogP contribution < -0.4 is 14.2 Å². The zero-order chi connectivity index (χ0) is 25.6. The summed E-state index contributed by atoms with van der Waals surface area (Å²) in [5.74, 6) is 2.25. The van der Waals surface area contributed by atoms with Gasteiger partial charge in [0.25, 0.3) is 0 Å². The number of benzene rings is 3. The summed E-state index contributed by atoms with van der Waals surface area (Å²) in [6.07, 6.45) is 2.81. The van der Waals surface area contributed by atoms with E-state index in [9.17, 15) is 0 Å². The van der Waals surface area contributed by atoms with E-state index in [0.717, 1.165) is 28.2 Å². The Morgan fingerprint density at radius 3 is 1.22 bits per heavy atom. The van der Waals surface area contributed by atoms with Crippen molar-refractivity contribution in [2.45, 2.75) is 12.3 Å². The minimum Gasteiger partial charge on any atom is -0.498 e. The van der Waals surface area contributed by atoms with Crippen LogP contribution in [-0.2, 0) is 14.9 Å². The minimum absolute atomic E-state index is 0.0261. The molecule has 0 atom stereocenters. The highest BCUT2D eigenvalue weighted by molar-refractivity contribution is 5.52. The normalized spacial score (nSPS) is 10.8. The van der Waals surface area contributed by atoms with Gasteiger partial charge in [0.1, 0.15) is 50.3 Å². The third kappa shape index (κ3) is 7.06. The molecule has 0 aliphatic carbocycles. The van der Waals surface area contributed by atoms with Crippen LogP contribution in [0.25, 0.3) is 0 Å². The van der Waals surface area contributed by atoms with E-state index in [1.54, 1.807) is 0 Å². The molecule has 0 bridgehead atoms. The van der Waals surface area contributed by atoms with Gasteiger partial charge >= 0.3 is 0 Å². The fraction of sp³-hybridized carbons (Fsp3) is 0.267. The molecule has 1 N–H and O–H groups in total. The van der Waals surface area contributed by atoms with Crippen LogP contribution in [0.1, 0.15) is 23.6 Å². The van der Waals surface area contributed by atoms with Gasteiger partial charge in [0.05, 0.1) is 19.1 Å². The molecule has 3 rings (SSSR count). The van der Waals surface area contributed by atoms with Crippen LogP contribution in [0.5, 0.6) is 17.2 Å². The average Bonchev–Trinajstić information content (AvgIpc) is 2.93. The predicted octanol–water partition coefficient (Wildman–Crippen LogP) is 5.49. The van der Waals surface area contributed by atoms with Gasteiger partial charge < -0.3 is 28.8 Å². The van der Waals surface area contributed by atoms with Crippen molar-refractivity contribution in [2.24, 2.45) is 0 Å². The van der Waals surface area contributed by atoms with Crippen molar-refractivity contribution in [1.29, 1.82) is 0 Å². The van der Waals surface area contributed by atoms with Crippen molar-refractivity contribution < 1.29 is 28.8 Å². The van der Waals surface area contributed by atoms with E-state index in [2.05, 4.69) is 56.5 Å². The van der Waals surface area contributed by atoms with Gasteiger partial charge in [0.15, 0.2) is 0 Å². The van der Waals surface area contributed by atoms with E-state index in [1.807, 2.05) is 36.4 Å². The minimum atomic E-state index is -0.454. The molecule has 0 radical (unpaired) electrons. The number of ether oxygens (including phenoxy) is 5. The molecule has 0 aliphatic rings. The van der Waals surface area contributed by atoms with Gasteiger partial charge in [-0.2, -0.15) is 0 Å². The Morgan fingerprint density at radius 2 is 0.917 bits per heavy atom. The predicted molar refractivity (Wildman–Crippen MR) is 141 cm³/mol. The molecular weight excluding hydrogens is 456 g/mol. The highest BCUT2D eigenvalue weighted by Crippen LogP contribution is 2.40. The van der Waals surface area contributed by atoms with E-state index >= 15 is 0 Å². The number of hydrogen-bond donors (Lipinski definition) is 1. The van der Waals surface area contributed by atoms with Crippen LogP contribution in [0, 0.1) is 0 Å². The van der Waals surface area contributed by atoms with E-state index in [-0.39, 0.29) is 13.2 Å². The average molecular weight is 491 g/mol. The standard InChI is InChI=1S/C30H34O6/c1-4-32-20-22-35-28-14-8-25(9-15-28)30(3,24-6-12-27(13-7-24)34-19-18-31)26-10-16-29(17-11-26)36-23-21-33-5-2/h4-17,31H,1-2,18-23H2,3H3. The first-order chi connectivity index (χ1) is 17.6. The van der Waals surface area contributed by atoms with E-state index in [4.69, 9.17) is 28.8 Å². The van der Waals surface area contributed by atoms with Crippen molar-refractivity contribution in [3.8, 4) is 17.2 Å². The lowest BCUT2D eigenvalue weighted by molar-refractivity contribution is 0.179. The maximum Gasteiger partial charge on any atom is 0.122 e. The summed E-state index contributed by atoms with van der Waals surface area (Å²) in [6, 6.07) is 24.2. The second kappa shape index (κ2) is 13.9. The Morgan fingerprint density at radius 1 is 0.583 bits per heavy atom. The van der Waals surface area contributed by atoms with Crippen molar-refractivity contribution in [1.82, 2.24) is 0 Å². The summed E-state index contributed by atoms with van der Waals surface area (Å²) < 4.78 is 27.3. The largest absolute Gasteiger partial charge is 0.498 e. The first kappa shape index (κ1) is 26.7. The summed E-state index contributed by atoms with van der Waals surface area (Å²) in [5.41, 5.74) is 2.85. The van der Waals surface area contributed by atoms with Gasteiger partial charge in [-0.15, -0.1) is 0 Å². The first-order valence-corrected chi connectivity index (χ1v) is 11.9. The lowest BCUT2D eigenvalue weighted by atomic mass is 9.71. The summed E-state index contributed by atoms with van der Waals surface area (Å²) in [6.45, 7) is 11.3. The Bertz CT molecular complexity index is 999. The Labute approximate surface area is 213 Å². The Balaban J connectivity index is 1.88. The van der Waals surface area contributed by atoms with Gasteiger partial charge in [-0.05, 0) is 60.0 Å². The molecule has 6 heteroatoms. The number of hydrogen-bond acceptors (Lipinski definition) is 6. The van der Waals surface area contributed by atoms with Crippen molar-refractivity contribution in [3.05, 3.63) is 115 Å². The molecule has 0 saturated carbocycles. The van der Waals surface area contributed by atoms with E-state index in [1.165, 1.54) is 12.5 Å². The highest BCUT2D eigenvalue weighted by Gasteiger charge is 2.31. The lowest BCUT2D eigenvalue weighted by Crippen LogP contribution is -2.25. The Kier molecular flexibility index (Phi) is 10.3. The smallest absolute Gasteiger partial charge is 0.122 e. The molecular formula is C30H34O6. The second-order valence-electron chi connectivity index (χ2n) is 8.04. The van der Waals surface area contributed by atoms with E-state index < -0.39 is 5.41 Å². The molecule has 0 saturated heterocycles. The monoisotopic (exact) mass is 490 g/mol. The zero-order valence-electron chi connectivity index (χ0n) is 20.7. The molecule has 36 heavy (non-hydrogen) atoms. The van der Waals surface area contributed by atoms with Crippen molar-refractivity contribution in [3.63, 3.8) is 0 Å². The molecule has 190 valence electrons. The van der Waals surface area contributed by atoms with Crippen LogP contribution in [0.3, 0.4) is 0 Å². The number of aliphatic hydroxyl groups excluding tert-OH is 1. The third-order valence-electron chi connectivity index (χ3n) is 5.83. The topological polar surface area (TPSA) is 66.4 Å². The molecule has 0 aliphatic heterocycles. The van der Waals surface area contributed by atoms with Gasteiger partial charge in [-0.1, -0.05) is 49.6 Å². The molecule has 0 fully saturated rings. The molecule has 6 nitrogen and oxygen atoms in total. The summed E-state index contributed by atoms with van der Waals surface area (Å²) >= 11 is 0. The number of rotatable bonds is 16. The maximum absolute atomic E-state index is 9.05. The molecule has 0 heterocycles. The van der Waals surface area contributed by atoms with Gasteiger partial charge in [-0.25, -0.2) is 0 Å². The van der Waals surface area contributed by atoms with Crippen LogP contribution in [0.4, 0.5) is 0 Å². The van der Waals surface area contributed by atoms with Gasteiger partial charge in [0, 0.05) is 5.41 Å². The second-order valence-corrected chi connectivity index (χ2v) is 8.04.